The molecule has 2 fully saturated rings. The van der Waals surface area contributed by atoms with Crippen molar-refractivity contribution in [3.8, 4) is 0 Å². The second-order valence-electron chi connectivity index (χ2n) is 9.39. The predicted octanol–water partition coefficient (Wildman–Crippen LogP) is 4.22. The van der Waals surface area contributed by atoms with Crippen LogP contribution in [-0.2, 0) is 18.0 Å². The van der Waals surface area contributed by atoms with Crippen molar-refractivity contribution in [1.29, 1.82) is 0 Å². The van der Waals surface area contributed by atoms with Crippen LogP contribution in [0.5, 0.6) is 0 Å². The average Bonchev–Trinajstić information content (AvgIpc) is 3.61. The van der Waals surface area contributed by atoms with Crippen LogP contribution in [0.3, 0.4) is 0 Å². The third kappa shape index (κ3) is 4.28. The molecule has 32 heavy (non-hydrogen) atoms. The second-order valence-corrected chi connectivity index (χ2v) is 9.75. The van der Waals surface area contributed by atoms with E-state index in [4.69, 9.17) is 22.1 Å². The van der Waals surface area contributed by atoms with Crippen LogP contribution in [0.1, 0.15) is 51.4 Å². The van der Waals surface area contributed by atoms with E-state index in [-0.39, 0.29) is 5.56 Å². The van der Waals surface area contributed by atoms with Crippen LogP contribution in [0.4, 0.5) is 0 Å². The first-order valence-electron chi connectivity index (χ1n) is 12.0. The summed E-state index contributed by atoms with van der Waals surface area (Å²) in [5.74, 6) is 1.41. The normalized spacial score (nSPS) is 17.7. The number of para-hydroxylation sites is 1. The van der Waals surface area contributed by atoms with Crippen molar-refractivity contribution < 1.29 is 4.74 Å². The van der Waals surface area contributed by atoms with Crippen LogP contribution in [0, 0.1) is 10.7 Å². The fraction of sp³-hybridized carbons (Fsp3) is 0.625. The fourth-order valence-corrected chi connectivity index (χ4v) is 5.44. The van der Waals surface area contributed by atoms with Crippen LogP contribution in [0.15, 0.2) is 29.1 Å². The monoisotopic (exact) mass is 455 g/mol. The van der Waals surface area contributed by atoms with E-state index in [0.29, 0.717) is 41.8 Å². The SMILES string of the molecule is COCCCn1c(=O)c2ccccc2n2c(=S)n(CN(CC3CCCCC3)C3CC3)nc12. The number of fused-ring (bicyclic) bond motifs is 3. The molecule has 2 aromatic heterocycles. The number of methoxy groups -OCH3 is 1. The van der Waals surface area contributed by atoms with Crippen molar-refractivity contribution in [3.05, 3.63) is 39.4 Å². The maximum atomic E-state index is 13.3. The third-order valence-electron chi connectivity index (χ3n) is 7.01. The Morgan fingerprint density at radius 2 is 1.94 bits per heavy atom. The number of rotatable bonds is 9. The van der Waals surface area contributed by atoms with Gasteiger partial charge in [0.25, 0.3) is 5.56 Å². The summed E-state index contributed by atoms with van der Waals surface area (Å²) in [5.41, 5.74) is 0.814. The van der Waals surface area contributed by atoms with E-state index in [1.165, 1.54) is 44.9 Å². The fourth-order valence-electron chi connectivity index (χ4n) is 5.16. The molecule has 0 atom stereocenters. The molecule has 2 heterocycles. The number of nitrogens with zero attached hydrogens (tertiary/aromatic N) is 5. The molecule has 0 amide bonds. The minimum atomic E-state index is -0.0161. The lowest BCUT2D eigenvalue weighted by molar-refractivity contribution is 0.147. The maximum absolute atomic E-state index is 13.3. The first-order valence-corrected chi connectivity index (χ1v) is 12.4. The highest BCUT2D eigenvalue weighted by molar-refractivity contribution is 7.71. The number of hydrogen-bond donors (Lipinski definition) is 0. The van der Waals surface area contributed by atoms with Crippen molar-refractivity contribution in [2.75, 3.05) is 20.3 Å². The summed E-state index contributed by atoms with van der Waals surface area (Å²) in [6.07, 6.45) is 10.0. The van der Waals surface area contributed by atoms with Crippen LogP contribution >= 0.6 is 12.2 Å². The van der Waals surface area contributed by atoms with Crippen molar-refractivity contribution in [1.82, 2.24) is 23.6 Å². The van der Waals surface area contributed by atoms with Gasteiger partial charge in [-0.15, -0.1) is 5.10 Å². The summed E-state index contributed by atoms with van der Waals surface area (Å²) in [5, 5.41) is 5.58. The van der Waals surface area contributed by atoms with Crippen molar-refractivity contribution in [3.63, 3.8) is 0 Å². The van der Waals surface area contributed by atoms with E-state index < -0.39 is 0 Å². The summed E-state index contributed by atoms with van der Waals surface area (Å²) in [7, 11) is 1.68. The lowest BCUT2D eigenvalue weighted by Gasteiger charge is -2.29. The Kier molecular flexibility index (Phi) is 6.44. The van der Waals surface area contributed by atoms with E-state index in [2.05, 4.69) is 4.90 Å². The first kappa shape index (κ1) is 21.8. The van der Waals surface area contributed by atoms with E-state index in [1.807, 2.05) is 33.3 Å². The Morgan fingerprint density at radius 1 is 1.16 bits per heavy atom. The molecule has 8 heteroatoms. The Balaban J connectivity index is 1.54. The van der Waals surface area contributed by atoms with E-state index >= 15 is 0 Å². The van der Waals surface area contributed by atoms with Crippen LogP contribution in [0.25, 0.3) is 16.7 Å². The molecule has 5 rings (SSSR count). The molecule has 0 N–H and O–H groups in total. The van der Waals surface area contributed by atoms with E-state index in [1.54, 1.807) is 11.7 Å². The summed E-state index contributed by atoms with van der Waals surface area (Å²) < 4.78 is 11.5. The quantitative estimate of drug-likeness (QED) is 0.357. The predicted molar refractivity (Wildman–Crippen MR) is 129 cm³/mol. The van der Waals surface area contributed by atoms with Crippen LogP contribution in [0.2, 0.25) is 0 Å². The Morgan fingerprint density at radius 3 is 2.69 bits per heavy atom. The highest BCUT2D eigenvalue weighted by Crippen LogP contribution is 2.31. The van der Waals surface area contributed by atoms with E-state index in [0.717, 1.165) is 24.4 Å². The number of aryl methyl sites for hydroxylation is 1. The third-order valence-corrected chi connectivity index (χ3v) is 7.40. The summed E-state index contributed by atoms with van der Waals surface area (Å²) in [6, 6.07) is 8.34. The topological polar surface area (TPSA) is 56.7 Å². The van der Waals surface area contributed by atoms with Gasteiger partial charge in [0.1, 0.15) is 0 Å². The lowest BCUT2D eigenvalue weighted by atomic mass is 9.89. The molecule has 0 radical (unpaired) electrons. The number of hydrogen-bond acceptors (Lipinski definition) is 5. The molecular weight excluding hydrogens is 422 g/mol. The van der Waals surface area contributed by atoms with Crippen molar-refractivity contribution in [2.24, 2.45) is 5.92 Å². The van der Waals surface area contributed by atoms with E-state index in [9.17, 15) is 4.79 Å². The van der Waals surface area contributed by atoms with Gasteiger partial charge in [-0.2, -0.15) is 0 Å². The second kappa shape index (κ2) is 9.45. The zero-order valence-electron chi connectivity index (χ0n) is 18.9. The Labute approximate surface area is 193 Å². The smallest absolute Gasteiger partial charge is 0.262 e. The van der Waals surface area contributed by atoms with Gasteiger partial charge in [-0.1, -0.05) is 31.4 Å². The largest absolute Gasteiger partial charge is 0.385 e. The highest BCUT2D eigenvalue weighted by Gasteiger charge is 2.31. The molecule has 2 saturated carbocycles. The number of aromatic nitrogens is 4. The minimum Gasteiger partial charge on any atom is -0.385 e. The van der Waals surface area contributed by atoms with Gasteiger partial charge in [0.2, 0.25) is 10.5 Å². The van der Waals surface area contributed by atoms with Gasteiger partial charge >= 0.3 is 0 Å². The molecule has 2 aliphatic rings. The standard InChI is InChI=1S/C24H33N5O2S/c1-31-15-7-14-27-22(30)20-10-5-6-11-21(20)29-23(27)25-28(24(29)32)17-26(19-12-13-19)16-18-8-3-2-4-9-18/h5-6,10-11,18-19H,2-4,7-9,12-17H2,1H3. The van der Waals surface area contributed by atoms with Crippen molar-refractivity contribution in [2.45, 2.75) is 70.6 Å². The molecule has 2 aliphatic carbocycles. The molecule has 172 valence electrons. The number of benzene rings is 1. The summed E-state index contributed by atoms with van der Waals surface area (Å²) in [6.45, 7) is 2.98. The molecular formula is C24H33N5O2S. The number of ether oxygens (including phenoxy) is 1. The van der Waals surface area contributed by atoms with Gasteiger partial charge in [0.15, 0.2) is 0 Å². The van der Waals surface area contributed by atoms with Crippen LogP contribution in [-0.4, -0.2) is 50.0 Å². The molecule has 0 unspecified atom stereocenters. The van der Waals surface area contributed by atoms with Gasteiger partial charge in [-0.3, -0.25) is 18.7 Å². The van der Waals surface area contributed by atoms with Gasteiger partial charge in [-0.25, -0.2) is 4.68 Å². The van der Waals surface area contributed by atoms with Gasteiger partial charge in [0, 0.05) is 32.8 Å². The molecule has 0 saturated heterocycles. The van der Waals surface area contributed by atoms with Crippen LogP contribution < -0.4 is 5.56 Å². The highest BCUT2D eigenvalue weighted by atomic mass is 32.1. The zero-order chi connectivity index (χ0) is 22.1. The first-order chi connectivity index (χ1) is 15.7. The minimum absolute atomic E-state index is 0.0161. The lowest BCUT2D eigenvalue weighted by Crippen LogP contribution is -2.34. The van der Waals surface area contributed by atoms with Gasteiger partial charge < -0.3 is 4.74 Å². The molecule has 0 spiro atoms. The zero-order valence-corrected chi connectivity index (χ0v) is 19.7. The molecule has 7 nitrogen and oxygen atoms in total. The Hall–Kier alpha value is -2.03. The van der Waals surface area contributed by atoms with Crippen molar-refractivity contribution >= 4 is 28.9 Å². The molecule has 1 aromatic carbocycles. The summed E-state index contributed by atoms with van der Waals surface area (Å²) >= 11 is 5.92. The van der Waals surface area contributed by atoms with Gasteiger partial charge in [0.05, 0.1) is 17.6 Å². The van der Waals surface area contributed by atoms with Gasteiger partial charge in [-0.05, 0) is 62.4 Å². The summed E-state index contributed by atoms with van der Waals surface area (Å²) in [4.78, 5) is 15.9. The average molecular weight is 456 g/mol. The maximum Gasteiger partial charge on any atom is 0.262 e. The molecule has 0 aliphatic heterocycles. The molecule has 3 aromatic rings. The molecule has 0 bridgehead atoms. The Bertz CT molecular complexity index is 1200.